The molecule has 0 atom stereocenters. The minimum Gasteiger partial charge on any atom is -0.493 e. The lowest BCUT2D eigenvalue weighted by molar-refractivity contribution is -0.111. The highest BCUT2D eigenvalue weighted by atomic mass is 19.1. The molecule has 0 aliphatic rings. The van der Waals surface area contributed by atoms with Gasteiger partial charge in [-0.1, -0.05) is 6.07 Å². The summed E-state index contributed by atoms with van der Waals surface area (Å²) >= 11 is 0. The molecule has 0 heterocycles. The van der Waals surface area contributed by atoms with Crippen LogP contribution < -0.4 is 14.8 Å². The number of carbonyl (C=O) groups is 1. The molecule has 4 nitrogen and oxygen atoms in total. The first-order valence-corrected chi connectivity index (χ1v) is 7.68. The molecular weight excluding hydrogens is 328 g/mol. The highest BCUT2D eigenvalue weighted by molar-refractivity contribution is 6.02. The van der Waals surface area contributed by atoms with E-state index in [2.05, 4.69) is 5.32 Å². The van der Waals surface area contributed by atoms with Gasteiger partial charge in [0.2, 0.25) is 5.91 Å². The number of carbonyl (C=O) groups excluding carboxylic acids is 1. The number of methoxy groups -OCH3 is 1. The van der Waals surface area contributed by atoms with Gasteiger partial charge < -0.3 is 14.8 Å². The van der Waals surface area contributed by atoms with Gasteiger partial charge in [-0.3, -0.25) is 4.79 Å². The fourth-order valence-electron chi connectivity index (χ4n) is 2.08. The number of amides is 1. The van der Waals surface area contributed by atoms with Crippen LogP contribution in [-0.4, -0.2) is 19.1 Å². The second-order valence-electron chi connectivity index (χ2n) is 5.52. The van der Waals surface area contributed by atoms with Crippen LogP contribution in [0.3, 0.4) is 0 Å². The zero-order valence-electron chi connectivity index (χ0n) is 14.2. The second kappa shape index (κ2) is 8.28. The summed E-state index contributed by atoms with van der Waals surface area (Å²) < 4.78 is 37.5. The summed E-state index contributed by atoms with van der Waals surface area (Å²) in [7, 11) is 1.52. The number of anilines is 1. The van der Waals surface area contributed by atoms with Gasteiger partial charge in [-0.25, -0.2) is 8.78 Å². The fourth-order valence-corrected chi connectivity index (χ4v) is 2.08. The molecule has 2 aromatic rings. The molecule has 132 valence electrons. The van der Waals surface area contributed by atoms with Crippen molar-refractivity contribution >= 4 is 17.7 Å². The Morgan fingerprint density at radius 2 is 1.88 bits per heavy atom. The molecule has 0 aliphatic carbocycles. The Morgan fingerprint density at radius 3 is 2.56 bits per heavy atom. The van der Waals surface area contributed by atoms with E-state index in [1.54, 1.807) is 18.2 Å². The van der Waals surface area contributed by atoms with E-state index >= 15 is 0 Å². The van der Waals surface area contributed by atoms with Gasteiger partial charge in [-0.15, -0.1) is 0 Å². The quantitative estimate of drug-likeness (QED) is 0.787. The number of halogens is 2. The van der Waals surface area contributed by atoms with E-state index in [1.165, 1.54) is 19.3 Å². The van der Waals surface area contributed by atoms with Crippen molar-refractivity contribution in [2.45, 2.75) is 20.0 Å². The molecule has 2 rings (SSSR count). The van der Waals surface area contributed by atoms with E-state index in [4.69, 9.17) is 9.47 Å². The topological polar surface area (TPSA) is 47.6 Å². The van der Waals surface area contributed by atoms with Crippen molar-refractivity contribution in [1.82, 2.24) is 0 Å². The van der Waals surface area contributed by atoms with Crippen molar-refractivity contribution in [1.29, 1.82) is 0 Å². The molecule has 1 N–H and O–H groups in total. The van der Waals surface area contributed by atoms with Crippen molar-refractivity contribution < 1.29 is 23.0 Å². The second-order valence-corrected chi connectivity index (χ2v) is 5.52. The lowest BCUT2D eigenvalue weighted by atomic mass is 10.2. The Morgan fingerprint density at radius 1 is 1.12 bits per heavy atom. The summed E-state index contributed by atoms with van der Waals surface area (Å²) in [6, 6.07) is 8.06. The molecule has 25 heavy (non-hydrogen) atoms. The van der Waals surface area contributed by atoms with Crippen LogP contribution in [-0.2, 0) is 4.79 Å². The van der Waals surface area contributed by atoms with Crippen LogP contribution in [0.2, 0.25) is 0 Å². The smallest absolute Gasteiger partial charge is 0.248 e. The molecule has 0 radical (unpaired) electrons. The molecule has 6 heteroatoms. The molecule has 0 unspecified atom stereocenters. The summed E-state index contributed by atoms with van der Waals surface area (Å²) in [6.45, 7) is 3.81. The van der Waals surface area contributed by atoms with E-state index in [9.17, 15) is 13.6 Å². The Balaban J connectivity index is 2.10. The summed E-state index contributed by atoms with van der Waals surface area (Å²) in [4.78, 5) is 11.9. The molecule has 0 aromatic heterocycles. The molecular formula is C19H19F2NO3. The number of rotatable bonds is 6. The van der Waals surface area contributed by atoms with Gasteiger partial charge >= 0.3 is 0 Å². The van der Waals surface area contributed by atoms with Crippen molar-refractivity contribution in [3.63, 3.8) is 0 Å². The lowest BCUT2D eigenvalue weighted by Crippen LogP contribution is -2.09. The van der Waals surface area contributed by atoms with Crippen LogP contribution in [0.1, 0.15) is 19.4 Å². The van der Waals surface area contributed by atoms with Gasteiger partial charge in [0, 0.05) is 12.1 Å². The third kappa shape index (κ3) is 5.31. The van der Waals surface area contributed by atoms with Gasteiger partial charge in [-0.2, -0.15) is 0 Å². The van der Waals surface area contributed by atoms with E-state index in [0.29, 0.717) is 17.1 Å². The Kier molecular flexibility index (Phi) is 6.11. The van der Waals surface area contributed by atoms with Gasteiger partial charge in [0.15, 0.2) is 11.5 Å². The molecule has 0 saturated carbocycles. The Bertz CT molecular complexity index is 788. The zero-order valence-corrected chi connectivity index (χ0v) is 14.2. The van der Waals surface area contributed by atoms with Crippen molar-refractivity contribution in [2.24, 2.45) is 0 Å². The largest absolute Gasteiger partial charge is 0.493 e. The highest BCUT2D eigenvalue weighted by Crippen LogP contribution is 2.29. The third-order valence-electron chi connectivity index (χ3n) is 3.16. The monoisotopic (exact) mass is 347 g/mol. The minimum atomic E-state index is -0.708. The molecule has 0 bridgehead atoms. The van der Waals surface area contributed by atoms with Gasteiger partial charge in [0.1, 0.15) is 11.6 Å². The molecule has 1 amide bonds. The normalized spacial score (nSPS) is 11.0. The van der Waals surface area contributed by atoms with Crippen LogP contribution in [0.25, 0.3) is 6.08 Å². The number of benzene rings is 2. The first-order chi connectivity index (χ1) is 11.9. The fraction of sp³-hybridized carbons (Fsp3) is 0.211. The van der Waals surface area contributed by atoms with E-state index in [-0.39, 0.29) is 11.8 Å². The van der Waals surface area contributed by atoms with E-state index in [0.717, 1.165) is 18.2 Å². The van der Waals surface area contributed by atoms with Crippen molar-refractivity contribution in [2.75, 3.05) is 12.4 Å². The van der Waals surface area contributed by atoms with Crippen LogP contribution in [0.5, 0.6) is 11.5 Å². The molecule has 2 aromatic carbocycles. The lowest BCUT2D eigenvalue weighted by Gasteiger charge is -2.13. The predicted octanol–water partition coefficient (Wildman–Crippen LogP) is 4.41. The van der Waals surface area contributed by atoms with Crippen LogP contribution >= 0.6 is 0 Å². The maximum Gasteiger partial charge on any atom is 0.248 e. The summed E-state index contributed by atoms with van der Waals surface area (Å²) in [5.74, 6) is -0.787. The predicted molar refractivity (Wildman–Crippen MR) is 92.8 cm³/mol. The van der Waals surface area contributed by atoms with E-state index in [1.807, 2.05) is 13.8 Å². The molecule has 0 fully saturated rings. The average molecular weight is 347 g/mol. The highest BCUT2D eigenvalue weighted by Gasteiger charge is 2.08. The SMILES string of the molecule is COc1cc(/C=C/C(=O)Nc2cc(F)ccc2F)ccc1OC(C)C. The average Bonchev–Trinajstić information content (AvgIpc) is 2.56. The minimum absolute atomic E-state index is 0.00207. The molecule has 0 saturated heterocycles. The standard InChI is InChI=1S/C19H19F2NO3/c1-12(2)25-17-8-4-13(10-18(17)24-3)5-9-19(23)22-16-11-14(20)6-7-15(16)21/h4-12H,1-3H3,(H,22,23)/b9-5+. The Hall–Kier alpha value is -2.89. The van der Waals surface area contributed by atoms with Gasteiger partial charge in [0.05, 0.1) is 18.9 Å². The number of nitrogens with one attached hydrogen (secondary N) is 1. The summed E-state index contributed by atoms with van der Waals surface area (Å²) in [5, 5.41) is 2.29. The van der Waals surface area contributed by atoms with Crippen LogP contribution in [0, 0.1) is 11.6 Å². The van der Waals surface area contributed by atoms with Crippen molar-refractivity contribution in [3.05, 3.63) is 59.7 Å². The number of ether oxygens (including phenoxy) is 2. The van der Waals surface area contributed by atoms with E-state index < -0.39 is 17.5 Å². The van der Waals surface area contributed by atoms with Crippen LogP contribution in [0.4, 0.5) is 14.5 Å². The van der Waals surface area contributed by atoms with Crippen LogP contribution in [0.15, 0.2) is 42.5 Å². The zero-order chi connectivity index (χ0) is 18.4. The van der Waals surface area contributed by atoms with Gasteiger partial charge in [0.25, 0.3) is 0 Å². The first-order valence-electron chi connectivity index (χ1n) is 7.68. The third-order valence-corrected chi connectivity index (χ3v) is 3.16. The molecule has 0 spiro atoms. The van der Waals surface area contributed by atoms with Crippen molar-refractivity contribution in [3.8, 4) is 11.5 Å². The maximum absolute atomic E-state index is 13.5. The number of hydrogen-bond donors (Lipinski definition) is 1. The number of hydrogen-bond acceptors (Lipinski definition) is 3. The summed E-state index contributed by atoms with van der Waals surface area (Å²) in [6.07, 6.45) is 2.76. The Labute approximate surface area is 145 Å². The maximum atomic E-state index is 13.5. The molecule has 0 aliphatic heterocycles. The van der Waals surface area contributed by atoms with Gasteiger partial charge in [-0.05, 0) is 49.8 Å². The first kappa shape index (κ1) is 18.4. The summed E-state index contributed by atoms with van der Waals surface area (Å²) in [5.41, 5.74) is 0.482.